The van der Waals surface area contributed by atoms with Gasteiger partial charge in [0.15, 0.2) is 0 Å². The van der Waals surface area contributed by atoms with E-state index in [2.05, 4.69) is 14.9 Å². The third kappa shape index (κ3) is 3.43. The van der Waals surface area contributed by atoms with Gasteiger partial charge in [0.25, 0.3) is 5.91 Å². The van der Waals surface area contributed by atoms with Crippen LogP contribution in [0.5, 0.6) is 0 Å². The molecule has 0 spiro atoms. The van der Waals surface area contributed by atoms with Crippen molar-refractivity contribution in [1.29, 1.82) is 0 Å². The minimum absolute atomic E-state index is 0.0102. The average molecular weight is 355 g/mol. The van der Waals surface area contributed by atoms with Crippen LogP contribution in [-0.4, -0.2) is 50.2 Å². The number of nitrogens with zero attached hydrogens (tertiary/aromatic N) is 5. The van der Waals surface area contributed by atoms with Crippen LogP contribution in [0, 0.1) is 0 Å². The smallest absolute Gasteiger partial charge is 0.265 e. The van der Waals surface area contributed by atoms with Crippen LogP contribution in [0.25, 0.3) is 5.65 Å². The molecule has 0 aliphatic carbocycles. The van der Waals surface area contributed by atoms with E-state index >= 15 is 0 Å². The van der Waals surface area contributed by atoms with Crippen molar-refractivity contribution in [3.05, 3.63) is 52.4 Å². The summed E-state index contributed by atoms with van der Waals surface area (Å²) in [5.41, 5.74) is 1.89. The van der Waals surface area contributed by atoms with Crippen LogP contribution >= 0.6 is 11.3 Å². The number of carbonyl (C=O) groups excluding carboxylic acids is 1. The van der Waals surface area contributed by atoms with Crippen molar-refractivity contribution in [2.75, 3.05) is 20.1 Å². The van der Waals surface area contributed by atoms with Crippen molar-refractivity contribution in [3.63, 3.8) is 0 Å². The van der Waals surface area contributed by atoms with Crippen molar-refractivity contribution in [2.24, 2.45) is 0 Å². The van der Waals surface area contributed by atoms with E-state index in [0.717, 1.165) is 36.0 Å². The van der Waals surface area contributed by atoms with E-state index in [1.807, 2.05) is 42.0 Å². The number of amides is 1. The monoisotopic (exact) mass is 355 g/mol. The fourth-order valence-corrected chi connectivity index (χ4v) is 4.17. The number of carbonyl (C=O) groups is 1. The molecule has 3 aromatic heterocycles. The molecular weight excluding hydrogens is 334 g/mol. The molecule has 4 heterocycles. The first-order valence-electron chi connectivity index (χ1n) is 8.54. The quantitative estimate of drug-likeness (QED) is 0.706. The van der Waals surface area contributed by atoms with Crippen molar-refractivity contribution in [1.82, 2.24) is 24.2 Å². The summed E-state index contributed by atoms with van der Waals surface area (Å²) >= 11 is 1.51. The number of hydrogen-bond donors (Lipinski definition) is 0. The number of aromatic nitrogens is 3. The molecule has 1 saturated heterocycles. The molecule has 4 rings (SSSR count). The molecule has 0 bridgehead atoms. The van der Waals surface area contributed by atoms with E-state index in [1.165, 1.54) is 24.2 Å². The van der Waals surface area contributed by atoms with Gasteiger partial charge in [-0.05, 0) is 38.1 Å². The second-order valence-electron chi connectivity index (χ2n) is 6.44. The zero-order valence-electron chi connectivity index (χ0n) is 14.3. The first-order chi connectivity index (χ1) is 12.2. The Kier molecular flexibility index (Phi) is 4.50. The van der Waals surface area contributed by atoms with E-state index in [9.17, 15) is 4.79 Å². The van der Waals surface area contributed by atoms with Gasteiger partial charge in [-0.3, -0.25) is 9.69 Å². The van der Waals surface area contributed by atoms with Gasteiger partial charge in [0.1, 0.15) is 15.5 Å². The summed E-state index contributed by atoms with van der Waals surface area (Å²) in [7, 11) is 1.82. The SMILES string of the molecule is CN(Cc1cnc2ccccn12)C(=O)c1cnc(CN2CCCC2)s1. The fourth-order valence-electron chi connectivity index (χ4n) is 3.22. The lowest BCUT2D eigenvalue weighted by Gasteiger charge is -2.15. The molecule has 0 saturated carbocycles. The van der Waals surface area contributed by atoms with E-state index in [-0.39, 0.29) is 5.91 Å². The van der Waals surface area contributed by atoms with Gasteiger partial charge in [0.2, 0.25) is 0 Å². The molecule has 0 N–H and O–H groups in total. The predicted molar refractivity (Wildman–Crippen MR) is 97.6 cm³/mol. The standard InChI is InChI=1S/C18H21N5OS/c1-21(12-14-10-19-16-6-2-3-9-23(14)16)18(24)15-11-20-17(25-15)13-22-7-4-5-8-22/h2-3,6,9-11H,4-5,7-8,12-13H2,1H3. The highest BCUT2D eigenvalue weighted by Crippen LogP contribution is 2.20. The van der Waals surface area contributed by atoms with E-state index in [0.29, 0.717) is 11.4 Å². The zero-order chi connectivity index (χ0) is 17.2. The highest BCUT2D eigenvalue weighted by atomic mass is 32.1. The summed E-state index contributed by atoms with van der Waals surface area (Å²) in [4.78, 5) is 26.4. The van der Waals surface area contributed by atoms with Gasteiger partial charge < -0.3 is 9.30 Å². The number of thiazole rings is 1. The molecule has 0 unspecified atom stereocenters. The Morgan fingerprint density at radius 1 is 1.24 bits per heavy atom. The topological polar surface area (TPSA) is 53.7 Å². The number of imidazole rings is 1. The fraction of sp³-hybridized carbons (Fsp3) is 0.389. The summed E-state index contributed by atoms with van der Waals surface area (Å²) in [5.74, 6) is 0.0102. The van der Waals surface area contributed by atoms with Crippen molar-refractivity contribution in [3.8, 4) is 0 Å². The van der Waals surface area contributed by atoms with Crippen molar-refractivity contribution < 1.29 is 4.79 Å². The lowest BCUT2D eigenvalue weighted by Crippen LogP contribution is -2.26. The molecule has 1 fully saturated rings. The molecule has 1 aliphatic heterocycles. The summed E-state index contributed by atoms with van der Waals surface area (Å²) in [6, 6.07) is 5.88. The Labute approximate surface area is 150 Å². The van der Waals surface area contributed by atoms with Gasteiger partial charge in [-0.15, -0.1) is 11.3 Å². The maximum Gasteiger partial charge on any atom is 0.265 e. The number of pyridine rings is 1. The second-order valence-corrected chi connectivity index (χ2v) is 7.56. The molecule has 0 radical (unpaired) electrons. The van der Waals surface area contributed by atoms with Crippen LogP contribution in [0.1, 0.15) is 33.2 Å². The van der Waals surface area contributed by atoms with Crippen LogP contribution in [0.2, 0.25) is 0 Å². The minimum Gasteiger partial charge on any atom is -0.335 e. The molecule has 0 atom stereocenters. The second kappa shape index (κ2) is 6.93. The largest absolute Gasteiger partial charge is 0.335 e. The molecule has 0 aromatic carbocycles. The summed E-state index contributed by atoms with van der Waals surface area (Å²) in [6.45, 7) is 3.65. The molecule has 3 aromatic rings. The maximum absolute atomic E-state index is 12.7. The Hall–Kier alpha value is -2.25. The summed E-state index contributed by atoms with van der Waals surface area (Å²) in [6.07, 6.45) is 8.03. The van der Waals surface area contributed by atoms with Crippen molar-refractivity contribution >= 4 is 22.9 Å². The third-order valence-electron chi connectivity index (χ3n) is 4.56. The predicted octanol–water partition coefficient (Wildman–Crippen LogP) is 2.66. The number of likely N-dealkylation sites (tertiary alicyclic amines) is 1. The van der Waals surface area contributed by atoms with Crippen LogP contribution in [0.4, 0.5) is 0 Å². The molecule has 25 heavy (non-hydrogen) atoms. The van der Waals surface area contributed by atoms with Gasteiger partial charge in [-0.1, -0.05) is 6.07 Å². The Morgan fingerprint density at radius 2 is 2.08 bits per heavy atom. The van der Waals surface area contributed by atoms with E-state index in [4.69, 9.17) is 0 Å². The normalized spacial score (nSPS) is 15.1. The summed E-state index contributed by atoms with van der Waals surface area (Å²) in [5, 5.41) is 1.02. The van der Waals surface area contributed by atoms with E-state index < -0.39 is 0 Å². The lowest BCUT2D eigenvalue weighted by atomic mass is 10.4. The third-order valence-corrected chi connectivity index (χ3v) is 5.53. The van der Waals surface area contributed by atoms with Gasteiger partial charge in [-0.2, -0.15) is 0 Å². The molecule has 1 amide bonds. The van der Waals surface area contributed by atoms with E-state index in [1.54, 1.807) is 11.1 Å². The number of hydrogen-bond acceptors (Lipinski definition) is 5. The Bertz CT molecular complexity index is 880. The molecule has 7 heteroatoms. The number of fused-ring (bicyclic) bond motifs is 1. The highest BCUT2D eigenvalue weighted by molar-refractivity contribution is 7.13. The van der Waals surface area contributed by atoms with Gasteiger partial charge in [0, 0.05) is 13.2 Å². The average Bonchev–Trinajstić information content (AvgIpc) is 3.36. The minimum atomic E-state index is 0.0102. The molecule has 6 nitrogen and oxygen atoms in total. The van der Waals surface area contributed by atoms with Gasteiger partial charge in [0.05, 0.1) is 31.2 Å². The van der Waals surface area contributed by atoms with Crippen LogP contribution in [0.3, 0.4) is 0 Å². The van der Waals surface area contributed by atoms with Crippen molar-refractivity contribution in [2.45, 2.75) is 25.9 Å². The summed E-state index contributed by atoms with van der Waals surface area (Å²) < 4.78 is 2.01. The number of rotatable bonds is 5. The maximum atomic E-state index is 12.7. The molecule has 1 aliphatic rings. The zero-order valence-corrected chi connectivity index (χ0v) is 15.1. The van der Waals surface area contributed by atoms with Gasteiger partial charge in [-0.25, -0.2) is 9.97 Å². The first kappa shape index (κ1) is 16.2. The first-order valence-corrected chi connectivity index (χ1v) is 9.36. The van der Waals surface area contributed by atoms with Crippen LogP contribution in [-0.2, 0) is 13.1 Å². The Morgan fingerprint density at radius 3 is 2.92 bits per heavy atom. The Balaban J connectivity index is 1.44. The van der Waals surface area contributed by atoms with Crippen LogP contribution in [0.15, 0.2) is 36.8 Å². The molecule has 130 valence electrons. The van der Waals surface area contributed by atoms with Gasteiger partial charge >= 0.3 is 0 Å². The highest BCUT2D eigenvalue weighted by Gasteiger charge is 2.19. The lowest BCUT2D eigenvalue weighted by molar-refractivity contribution is 0.0787. The van der Waals surface area contributed by atoms with Crippen LogP contribution < -0.4 is 0 Å². The molecular formula is C18H21N5OS.